The number of hydrogen-bond donors (Lipinski definition) is 2. The lowest BCUT2D eigenvalue weighted by atomic mass is 9.98. The van der Waals surface area contributed by atoms with Gasteiger partial charge in [0.1, 0.15) is 4.88 Å². The topological polar surface area (TPSA) is 66.6 Å². The summed E-state index contributed by atoms with van der Waals surface area (Å²) < 4.78 is 1.04. The van der Waals surface area contributed by atoms with Crippen LogP contribution >= 0.6 is 11.3 Å². The number of rotatable bonds is 1. The molecule has 1 amide bonds. The Morgan fingerprint density at radius 1 is 1.33 bits per heavy atom. The second kappa shape index (κ2) is 5.31. The fraction of sp³-hybridized carbons (Fsp3) is 0.438. The molecule has 2 aromatic rings. The number of nitrogen functional groups attached to an aromatic ring is 1. The Morgan fingerprint density at radius 2 is 2.10 bits per heavy atom. The van der Waals surface area contributed by atoms with Gasteiger partial charge in [0.2, 0.25) is 0 Å². The van der Waals surface area contributed by atoms with E-state index in [0.717, 1.165) is 22.9 Å². The van der Waals surface area contributed by atoms with E-state index in [2.05, 4.69) is 0 Å². The third-order valence-corrected chi connectivity index (χ3v) is 5.35. The van der Waals surface area contributed by atoms with Gasteiger partial charge in [-0.15, -0.1) is 11.3 Å². The van der Waals surface area contributed by atoms with Gasteiger partial charge in [-0.25, -0.2) is 0 Å². The normalized spacial score (nSPS) is 23.2. The summed E-state index contributed by atoms with van der Waals surface area (Å²) in [6.45, 7) is 3.11. The predicted molar refractivity (Wildman–Crippen MR) is 86.6 cm³/mol. The molecule has 0 saturated carbocycles. The number of fused-ring (bicyclic) bond motifs is 1. The first kappa shape index (κ1) is 14.4. The van der Waals surface area contributed by atoms with Crippen LogP contribution in [-0.2, 0) is 0 Å². The van der Waals surface area contributed by atoms with Gasteiger partial charge in [0.15, 0.2) is 0 Å². The van der Waals surface area contributed by atoms with Crippen LogP contribution in [0.25, 0.3) is 10.1 Å². The summed E-state index contributed by atoms with van der Waals surface area (Å²) in [4.78, 5) is 15.2. The van der Waals surface area contributed by atoms with Crippen LogP contribution in [0.1, 0.15) is 35.9 Å². The standard InChI is InChI=1S/C16H20N2O2S/c1-16(20)7-4-9-18(10-8-16)15(19)14-13(17)11-5-2-3-6-12(11)21-14/h2-3,5-6,20H,4,7-10,17H2,1H3. The van der Waals surface area contributed by atoms with Gasteiger partial charge in [0, 0.05) is 23.2 Å². The van der Waals surface area contributed by atoms with Crippen molar-refractivity contribution >= 4 is 33.0 Å². The molecule has 1 aromatic carbocycles. The second-order valence-corrected chi connectivity index (χ2v) is 7.04. The molecule has 1 fully saturated rings. The molecule has 3 rings (SSSR count). The van der Waals surface area contributed by atoms with Gasteiger partial charge in [-0.2, -0.15) is 0 Å². The number of nitrogens with two attached hydrogens (primary N) is 1. The van der Waals surface area contributed by atoms with Crippen LogP contribution in [-0.4, -0.2) is 34.6 Å². The van der Waals surface area contributed by atoms with Crippen LogP contribution in [0.5, 0.6) is 0 Å². The van der Waals surface area contributed by atoms with Crippen LogP contribution in [0, 0.1) is 0 Å². The number of likely N-dealkylation sites (tertiary alicyclic amines) is 1. The Kier molecular flexibility index (Phi) is 3.63. The van der Waals surface area contributed by atoms with Crippen LogP contribution < -0.4 is 5.73 Å². The molecular weight excluding hydrogens is 284 g/mol. The second-order valence-electron chi connectivity index (χ2n) is 5.98. The molecule has 1 saturated heterocycles. The van der Waals surface area contributed by atoms with Crippen molar-refractivity contribution in [3.8, 4) is 0 Å². The monoisotopic (exact) mass is 304 g/mol. The number of hydrogen-bond acceptors (Lipinski definition) is 4. The van der Waals surface area contributed by atoms with Gasteiger partial charge in [-0.1, -0.05) is 18.2 Å². The average Bonchev–Trinajstić information content (AvgIpc) is 2.67. The Bertz CT molecular complexity index is 678. The number of carbonyl (C=O) groups is 1. The van der Waals surface area contributed by atoms with Crippen LogP contribution in [0.15, 0.2) is 24.3 Å². The van der Waals surface area contributed by atoms with Gasteiger partial charge in [0.05, 0.1) is 11.3 Å². The molecule has 2 heterocycles. The fourth-order valence-electron chi connectivity index (χ4n) is 2.83. The van der Waals surface area contributed by atoms with E-state index in [9.17, 15) is 9.90 Å². The molecule has 3 N–H and O–H groups in total. The number of nitrogens with zero attached hydrogens (tertiary/aromatic N) is 1. The van der Waals surface area contributed by atoms with E-state index in [1.807, 2.05) is 36.1 Å². The number of amides is 1. The first-order chi connectivity index (χ1) is 9.98. The molecule has 0 radical (unpaired) electrons. The van der Waals surface area contributed by atoms with Crippen molar-refractivity contribution in [2.75, 3.05) is 18.8 Å². The van der Waals surface area contributed by atoms with Crippen molar-refractivity contribution in [3.05, 3.63) is 29.1 Å². The molecule has 1 aliphatic rings. The Labute approximate surface area is 128 Å². The quantitative estimate of drug-likeness (QED) is 0.851. The third-order valence-electron chi connectivity index (χ3n) is 4.18. The SMILES string of the molecule is CC1(O)CCCN(C(=O)c2sc3ccccc3c2N)CC1. The number of carbonyl (C=O) groups excluding carboxylic acids is 1. The lowest BCUT2D eigenvalue weighted by Gasteiger charge is -2.22. The summed E-state index contributed by atoms with van der Waals surface area (Å²) >= 11 is 1.45. The van der Waals surface area contributed by atoms with E-state index < -0.39 is 5.60 Å². The summed E-state index contributed by atoms with van der Waals surface area (Å²) in [7, 11) is 0. The zero-order chi connectivity index (χ0) is 15.0. The highest BCUT2D eigenvalue weighted by molar-refractivity contribution is 7.21. The summed E-state index contributed by atoms with van der Waals surface area (Å²) in [6.07, 6.45) is 2.17. The van der Waals surface area contributed by atoms with Gasteiger partial charge in [-0.3, -0.25) is 4.79 Å². The maximum absolute atomic E-state index is 12.7. The van der Waals surface area contributed by atoms with E-state index in [0.29, 0.717) is 30.1 Å². The summed E-state index contributed by atoms with van der Waals surface area (Å²) in [5.41, 5.74) is 6.07. The first-order valence-electron chi connectivity index (χ1n) is 7.27. The number of benzene rings is 1. The average molecular weight is 304 g/mol. The lowest BCUT2D eigenvalue weighted by Crippen LogP contribution is -2.33. The lowest BCUT2D eigenvalue weighted by molar-refractivity contribution is 0.0438. The smallest absolute Gasteiger partial charge is 0.266 e. The van der Waals surface area contributed by atoms with Gasteiger partial charge in [0.25, 0.3) is 5.91 Å². The first-order valence-corrected chi connectivity index (χ1v) is 8.08. The zero-order valence-electron chi connectivity index (χ0n) is 12.1. The van der Waals surface area contributed by atoms with E-state index >= 15 is 0 Å². The molecule has 1 unspecified atom stereocenters. The molecule has 112 valence electrons. The maximum atomic E-state index is 12.7. The number of anilines is 1. The molecule has 0 aliphatic carbocycles. The predicted octanol–water partition coefficient (Wildman–Crippen LogP) is 2.86. The van der Waals surface area contributed by atoms with Crippen molar-refractivity contribution in [2.45, 2.75) is 31.8 Å². The molecule has 0 bridgehead atoms. The highest BCUT2D eigenvalue weighted by Gasteiger charge is 2.29. The number of aliphatic hydroxyl groups is 1. The Morgan fingerprint density at radius 3 is 2.86 bits per heavy atom. The minimum Gasteiger partial charge on any atom is -0.397 e. The van der Waals surface area contributed by atoms with Gasteiger partial charge < -0.3 is 15.7 Å². The third kappa shape index (κ3) is 2.76. The summed E-state index contributed by atoms with van der Waals surface area (Å²) in [6, 6.07) is 7.82. The minimum absolute atomic E-state index is 0.00796. The van der Waals surface area contributed by atoms with Crippen LogP contribution in [0.3, 0.4) is 0 Å². The van der Waals surface area contributed by atoms with Gasteiger partial charge in [-0.05, 0) is 32.3 Å². The molecule has 1 aromatic heterocycles. The van der Waals surface area contributed by atoms with Crippen molar-refractivity contribution in [2.24, 2.45) is 0 Å². The Balaban J connectivity index is 1.88. The van der Waals surface area contributed by atoms with Crippen molar-refractivity contribution in [1.29, 1.82) is 0 Å². The molecule has 1 aliphatic heterocycles. The van der Waals surface area contributed by atoms with Crippen LogP contribution in [0.4, 0.5) is 5.69 Å². The molecule has 5 heteroatoms. The fourth-order valence-corrected chi connectivity index (χ4v) is 3.93. The maximum Gasteiger partial charge on any atom is 0.266 e. The van der Waals surface area contributed by atoms with Crippen molar-refractivity contribution in [3.63, 3.8) is 0 Å². The summed E-state index contributed by atoms with van der Waals surface area (Å²) in [5, 5.41) is 11.1. The van der Waals surface area contributed by atoms with E-state index in [4.69, 9.17) is 5.73 Å². The van der Waals surface area contributed by atoms with E-state index in [1.54, 1.807) is 0 Å². The summed E-state index contributed by atoms with van der Waals surface area (Å²) in [5.74, 6) is -0.00796. The van der Waals surface area contributed by atoms with Gasteiger partial charge >= 0.3 is 0 Å². The minimum atomic E-state index is -0.666. The van der Waals surface area contributed by atoms with E-state index in [-0.39, 0.29) is 5.91 Å². The molecule has 1 atom stereocenters. The Hall–Kier alpha value is -1.59. The molecule has 4 nitrogen and oxygen atoms in total. The molecular formula is C16H20N2O2S. The van der Waals surface area contributed by atoms with Crippen molar-refractivity contribution in [1.82, 2.24) is 4.90 Å². The molecule has 21 heavy (non-hydrogen) atoms. The zero-order valence-corrected chi connectivity index (χ0v) is 12.9. The highest BCUT2D eigenvalue weighted by atomic mass is 32.1. The highest BCUT2D eigenvalue weighted by Crippen LogP contribution is 2.34. The van der Waals surface area contributed by atoms with Crippen LogP contribution in [0.2, 0.25) is 0 Å². The largest absolute Gasteiger partial charge is 0.397 e. The number of thiophene rings is 1. The molecule has 0 spiro atoms. The van der Waals surface area contributed by atoms with E-state index in [1.165, 1.54) is 11.3 Å². The van der Waals surface area contributed by atoms with Crippen molar-refractivity contribution < 1.29 is 9.90 Å².